The molecule has 17 heavy (non-hydrogen) atoms. The smallest absolute Gasteiger partial charge is 0.214 e. The maximum absolute atomic E-state index is 11.7. The molecule has 0 atom stereocenters. The van der Waals surface area contributed by atoms with Crippen LogP contribution < -0.4 is 9.44 Å². The Morgan fingerprint density at radius 2 is 1.82 bits per heavy atom. The fraction of sp³-hybridized carbons (Fsp3) is 0.429. The zero-order valence-electron chi connectivity index (χ0n) is 8.80. The van der Waals surface area contributed by atoms with Crippen molar-refractivity contribution >= 4 is 47.3 Å². The van der Waals surface area contributed by atoms with E-state index >= 15 is 0 Å². The number of hydrogen-bond donors (Lipinski definition) is 2. The van der Waals surface area contributed by atoms with Crippen molar-refractivity contribution in [3.63, 3.8) is 0 Å². The number of thiophene rings is 1. The SMILES string of the molecule is CS(=O)(=O)NCCNS(=O)(=O)c1sccc1Br. The van der Waals surface area contributed by atoms with Gasteiger partial charge in [-0.25, -0.2) is 26.3 Å². The van der Waals surface area contributed by atoms with Gasteiger partial charge < -0.3 is 0 Å². The predicted molar refractivity (Wildman–Crippen MR) is 70.1 cm³/mol. The Morgan fingerprint density at radius 1 is 1.24 bits per heavy atom. The molecule has 0 fully saturated rings. The highest BCUT2D eigenvalue weighted by molar-refractivity contribution is 9.10. The molecular weight excluding hydrogens is 352 g/mol. The lowest BCUT2D eigenvalue weighted by Crippen LogP contribution is -2.34. The van der Waals surface area contributed by atoms with Gasteiger partial charge in [-0.2, -0.15) is 0 Å². The molecule has 2 N–H and O–H groups in total. The van der Waals surface area contributed by atoms with Gasteiger partial charge in [0, 0.05) is 17.6 Å². The van der Waals surface area contributed by atoms with Crippen molar-refractivity contribution in [2.45, 2.75) is 4.21 Å². The van der Waals surface area contributed by atoms with Gasteiger partial charge in [-0.3, -0.25) is 0 Å². The molecular formula is C7H11BrN2O4S3. The largest absolute Gasteiger partial charge is 0.251 e. The van der Waals surface area contributed by atoms with Gasteiger partial charge in [-0.05, 0) is 27.4 Å². The van der Waals surface area contributed by atoms with Gasteiger partial charge in [0.25, 0.3) is 10.0 Å². The van der Waals surface area contributed by atoms with Crippen molar-refractivity contribution in [3.05, 3.63) is 15.9 Å². The molecule has 0 aliphatic carbocycles. The lowest BCUT2D eigenvalue weighted by Gasteiger charge is -2.05. The monoisotopic (exact) mass is 362 g/mol. The number of nitrogens with one attached hydrogen (secondary N) is 2. The van der Waals surface area contributed by atoms with E-state index in [-0.39, 0.29) is 17.3 Å². The van der Waals surface area contributed by atoms with Crippen molar-refractivity contribution < 1.29 is 16.8 Å². The summed E-state index contributed by atoms with van der Waals surface area (Å²) >= 11 is 4.21. The molecule has 1 aromatic heterocycles. The summed E-state index contributed by atoms with van der Waals surface area (Å²) in [7, 11) is -6.87. The van der Waals surface area contributed by atoms with Crippen LogP contribution in [0.2, 0.25) is 0 Å². The van der Waals surface area contributed by atoms with Crippen LogP contribution in [0.5, 0.6) is 0 Å². The summed E-state index contributed by atoms with van der Waals surface area (Å²) in [5, 5.41) is 1.65. The molecule has 6 nitrogen and oxygen atoms in total. The van der Waals surface area contributed by atoms with E-state index < -0.39 is 20.0 Å². The summed E-state index contributed by atoms with van der Waals surface area (Å²) < 4.78 is 50.1. The highest BCUT2D eigenvalue weighted by atomic mass is 79.9. The van der Waals surface area contributed by atoms with Crippen LogP contribution in [0.15, 0.2) is 20.1 Å². The normalized spacial score (nSPS) is 12.8. The second-order valence-electron chi connectivity index (χ2n) is 3.12. The van der Waals surface area contributed by atoms with Gasteiger partial charge in [-0.1, -0.05) is 0 Å². The predicted octanol–water partition coefficient (Wildman–Crippen LogP) is 0.338. The fourth-order valence-corrected chi connectivity index (χ4v) is 4.84. The van der Waals surface area contributed by atoms with Crippen molar-refractivity contribution in [2.24, 2.45) is 0 Å². The van der Waals surface area contributed by atoms with Crippen LogP contribution in [-0.2, 0) is 20.0 Å². The number of halogens is 1. The topological polar surface area (TPSA) is 92.3 Å². The van der Waals surface area contributed by atoms with Crippen LogP contribution in [-0.4, -0.2) is 36.2 Å². The molecule has 0 aromatic carbocycles. The summed E-state index contributed by atoms with van der Waals surface area (Å²) in [5.74, 6) is 0. The van der Waals surface area contributed by atoms with E-state index in [1.165, 1.54) is 0 Å². The zero-order chi connectivity index (χ0) is 13.1. The first-order valence-electron chi connectivity index (χ1n) is 4.40. The molecule has 0 amide bonds. The standard InChI is InChI=1S/C7H11BrN2O4S3/c1-16(11,12)9-3-4-10-17(13,14)7-6(8)2-5-15-7/h2,5,9-10H,3-4H2,1H3. The highest BCUT2D eigenvalue weighted by Crippen LogP contribution is 2.26. The molecule has 1 rings (SSSR count). The minimum absolute atomic E-state index is 0.000255. The minimum Gasteiger partial charge on any atom is -0.214 e. The molecule has 0 saturated carbocycles. The van der Waals surface area contributed by atoms with Gasteiger partial charge in [0.1, 0.15) is 4.21 Å². The van der Waals surface area contributed by atoms with E-state index in [4.69, 9.17) is 0 Å². The summed E-state index contributed by atoms with van der Waals surface area (Å²) in [6.07, 6.45) is 1.01. The Kier molecular flexibility index (Phi) is 5.10. The van der Waals surface area contributed by atoms with Gasteiger partial charge in [0.15, 0.2) is 0 Å². The molecule has 0 spiro atoms. The van der Waals surface area contributed by atoms with E-state index in [0.29, 0.717) is 4.47 Å². The molecule has 98 valence electrons. The molecule has 1 aromatic rings. The number of sulfonamides is 2. The minimum atomic E-state index is -3.58. The van der Waals surface area contributed by atoms with Crippen molar-refractivity contribution in [3.8, 4) is 0 Å². The number of rotatable bonds is 6. The van der Waals surface area contributed by atoms with E-state index in [9.17, 15) is 16.8 Å². The Morgan fingerprint density at radius 3 is 2.29 bits per heavy atom. The second-order valence-corrected chi connectivity index (χ2v) is 8.69. The average Bonchev–Trinajstić information content (AvgIpc) is 2.58. The van der Waals surface area contributed by atoms with Gasteiger partial charge in [-0.15, -0.1) is 11.3 Å². The number of hydrogen-bond acceptors (Lipinski definition) is 5. The summed E-state index contributed by atoms with van der Waals surface area (Å²) in [6, 6.07) is 1.63. The first kappa shape index (κ1) is 15.1. The zero-order valence-corrected chi connectivity index (χ0v) is 12.8. The molecule has 1 heterocycles. The van der Waals surface area contributed by atoms with E-state index in [1.807, 2.05) is 0 Å². The Labute approximate surface area is 113 Å². The molecule has 0 unspecified atom stereocenters. The van der Waals surface area contributed by atoms with Crippen LogP contribution in [0.3, 0.4) is 0 Å². The van der Waals surface area contributed by atoms with Crippen LogP contribution in [0.4, 0.5) is 0 Å². The third-order valence-electron chi connectivity index (χ3n) is 1.61. The lowest BCUT2D eigenvalue weighted by atomic mass is 10.7. The molecule has 0 bridgehead atoms. The first-order valence-corrected chi connectivity index (χ1v) is 9.44. The second kappa shape index (κ2) is 5.76. The third-order valence-corrected chi connectivity index (χ3v) is 6.47. The Balaban J connectivity index is 2.55. The Hall–Kier alpha value is -0.000000000000000111. The molecule has 10 heteroatoms. The average molecular weight is 363 g/mol. The van der Waals surface area contributed by atoms with Crippen molar-refractivity contribution in [1.29, 1.82) is 0 Å². The van der Waals surface area contributed by atoms with Crippen LogP contribution in [0.25, 0.3) is 0 Å². The molecule has 0 saturated heterocycles. The van der Waals surface area contributed by atoms with Gasteiger partial charge >= 0.3 is 0 Å². The van der Waals surface area contributed by atoms with E-state index in [2.05, 4.69) is 25.4 Å². The summed E-state index contributed by atoms with van der Waals surface area (Å²) in [5.41, 5.74) is 0. The first-order chi connectivity index (χ1) is 7.72. The van der Waals surface area contributed by atoms with Crippen molar-refractivity contribution in [2.75, 3.05) is 19.3 Å². The van der Waals surface area contributed by atoms with Crippen LogP contribution >= 0.6 is 27.3 Å². The van der Waals surface area contributed by atoms with Gasteiger partial charge in [0.2, 0.25) is 10.0 Å². The van der Waals surface area contributed by atoms with Crippen molar-refractivity contribution in [1.82, 2.24) is 9.44 Å². The van der Waals surface area contributed by atoms with E-state index in [1.54, 1.807) is 11.4 Å². The highest BCUT2D eigenvalue weighted by Gasteiger charge is 2.18. The van der Waals surface area contributed by atoms with Crippen LogP contribution in [0.1, 0.15) is 0 Å². The summed E-state index contributed by atoms with van der Waals surface area (Å²) in [6.45, 7) is 0.0147. The van der Waals surface area contributed by atoms with Crippen LogP contribution in [0, 0.1) is 0 Å². The quantitative estimate of drug-likeness (QED) is 0.713. The third kappa shape index (κ3) is 5.02. The maximum Gasteiger partial charge on any atom is 0.251 e. The summed E-state index contributed by atoms with van der Waals surface area (Å²) in [4.78, 5) is 0. The fourth-order valence-electron chi connectivity index (χ4n) is 0.959. The van der Waals surface area contributed by atoms with E-state index in [0.717, 1.165) is 17.6 Å². The Bertz CT molecular complexity index is 578. The maximum atomic E-state index is 11.7. The van der Waals surface area contributed by atoms with Gasteiger partial charge in [0.05, 0.1) is 6.26 Å². The molecule has 0 aliphatic rings. The molecule has 0 radical (unpaired) electrons. The lowest BCUT2D eigenvalue weighted by molar-refractivity contribution is 0.574. The molecule has 0 aliphatic heterocycles.